The molecule has 1 heterocycles. The van der Waals surface area contributed by atoms with Gasteiger partial charge in [-0.05, 0) is 25.7 Å². The van der Waals surface area contributed by atoms with Gasteiger partial charge in [0.25, 0.3) is 0 Å². The molecule has 1 aliphatic rings. The topological polar surface area (TPSA) is 198 Å². The van der Waals surface area contributed by atoms with Gasteiger partial charge in [-0.1, -0.05) is 233 Å². The molecule has 6 N–H and O–H groups in total. The highest BCUT2D eigenvalue weighted by atomic mass is 16.5. The number of nitrogens with zero attached hydrogens (tertiary/aromatic N) is 2. The van der Waals surface area contributed by atoms with Crippen molar-refractivity contribution in [3.05, 3.63) is 0 Å². The number of esters is 2. The molecule has 2 amide bonds. The molecule has 0 spiro atoms. The molecule has 6 atom stereocenters. The van der Waals surface area contributed by atoms with E-state index in [4.69, 9.17) is 9.47 Å². The first-order valence-corrected chi connectivity index (χ1v) is 31.0. The van der Waals surface area contributed by atoms with Gasteiger partial charge < -0.3 is 40.5 Å². The first-order valence-electron chi connectivity index (χ1n) is 31.0. The number of unbranched alkanes of at least 4 members (excludes halogenated alkanes) is 28. The van der Waals surface area contributed by atoms with E-state index >= 15 is 0 Å². The molecule has 1 saturated heterocycles. The van der Waals surface area contributed by atoms with Gasteiger partial charge in [-0.15, -0.1) is 0 Å². The van der Waals surface area contributed by atoms with E-state index in [1.807, 2.05) is 9.80 Å². The highest BCUT2D eigenvalue weighted by Gasteiger charge is 2.35. The van der Waals surface area contributed by atoms with E-state index in [-0.39, 0.29) is 39.1 Å². The Labute approximate surface area is 452 Å². The van der Waals surface area contributed by atoms with Crippen LogP contribution in [-0.2, 0) is 28.7 Å². The summed E-state index contributed by atoms with van der Waals surface area (Å²) < 4.78 is 10.9. The molecule has 0 aromatic carbocycles. The Hall–Kier alpha value is -2.36. The number of hydrogen-bond acceptors (Lipinski definition) is 12. The van der Waals surface area contributed by atoms with E-state index in [1.165, 1.54) is 128 Å². The number of carbonyl (C=O) groups is 4. The molecule has 0 saturated carbocycles. The molecule has 0 aromatic rings. The monoisotopic (exact) mass is 1050 g/mol. The lowest BCUT2D eigenvalue weighted by molar-refractivity contribution is -0.152. The summed E-state index contributed by atoms with van der Waals surface area (Å²) >= 11 is 0. The van der Waals surface area contributed by atoms with Crippen LogP contribution >= 0.6 is 0 Å². The van der Waals surface area contributed by atoms with Gasteiger partial charge in [0.15, 0.2) is 0 Å². The largest absolute Gasteiger partial charge is 0.463 e. The summed E-state index contributed by atoms with van der Waals surface area (Å²) in [5.74, 6) is -2.23. The molecule has 4 unspecified atom stereocenters. The fourth-order valence-electron chi connectivity index (χ4n) is 10.0. The van der Waals surface area contributed by atoms with Crippen molar-refractivity contribution in [2.24, 2.45) is 0 Å². The number of nitrogens with one attached hydrogen (secondary N) is 2. The predicted octanol–water partition coefficient (Wildman–Crippen LogP) is 11.0. The third kappa shape index (κ3) is 40.8. The maximum atomic E-state index is 13.1. The number of aliphatic hydroxyl groups excluding tert-OH is 4. The van der Waals surface area contributed by atoms with Crippen molar-refractivity contribution >= 4 is 23.8 Å². The van der Waals surface area contributed by atoms with Gasteiger partial charge in [-0.2, -0.15) is 0 Å². The standard InChI is InChI=1S/C60H116N4O10/c1-5-9-13-17-21-25-29-33-37-51(65)45-63(46-52(66)38-34-30-26-22-18-14-10-6-2)43-41-57(69)73-49-55-59(71)62-56(60(72)61-55)50-74-58(70)42-44-64(47-53(67)39-35-31-27-23-19-15-11-7-3)48-54(68)40-36-32-28-24-20-16-12-8-4/h51-56,65-68H,5-50H2,1-4H3,(H,61,72)(H,62,71)/t51?,52?,53?,54?,55-,56+. The van der Waals surface area contributed by atoms with Crippen molar-refractivity contribution in [1.29, 1.82) is 0 Å². The highest BCUT2D eigenvalue weighted by molar-refractivity contribution is 5.97. The number of rotatable bonds is 54. The maximum Gasteiger partial charge on any atom is 0.307 e. The number of aliphatic hydroxyl groups is 4. The Kier molecular flexibility index (Phi) is 46.1. The summed E-state index contributed by atoms with van der Waals surface area (Å²) in [4.78, 5) is 56.0. The number of carbonyl (C=O) groups excluding carboxylic acids is 4. The van der Waals surface area contributed by atoms with E-state index < -0.39 is 60.3 Å². The maximum absolute atomic E-state index is 13.1. The molecule has 1 fully saturated rings. The number of amides is 2. The lowest BCUT2D eigenvalue weighted by Gasteiger charge is -2.29. The van der Waals surface area contributed by atoms with Crippen LogP contribution in [0.3, 0.4) is 0 Å². The molecule has 0 bridgehead atoms. The lowest BCUT2D eigenvalue weighted by atomic mass is 10.0. The van der Waals surface area contributed by atoms with Crippen LogP contribution in [0.25, 0.3) is 0 Å². The Morgan fingerprint density at radius 1 is 0.392 bits per heavy atom. The average molecular weight is 1050 g/mol. The van der Waals surface area contributed by atoms with Gasteiger partial charge in [0.05, 0.1) is 37.3 Å². The van der Waals surface area contributed by atoms with Crippen molar-refractivity contribution in [1.82, 2.24) is 20.4 Å². The summed E-state index contributed by atoms with van der Waals surface area (Å²) in [6.45, 7) is 10.1. The summed E-state index contributed by atoms with van der Waals surface area (Å²) in [6, 6.07) is -2.22. The number of ether oxygens (including phenoxy) is 2. The summed E-state index contributed by atoms with van der Waals surface area (Å²) in [6.07, 6.45) is 38.0. The zero-order chi connectivity index (χ0) is 54.3. The quantitative estimate of drug-likeness (QED) is 0.0249. The van der Waals surface area contributed by atoms with E-state index in [0.29, 0.717) is 51.9 Å². The molecular formula is C60H116N4O10. The SMILES string of the molecule is CCCCCCCCCCC(O)CN(CCC(=O)OC[C@@H]1NC(=O)[C@@H](COC(=O)CCN(CC(O)CCCCCCCCCC)CC(O)CCCCCCCCCC)NC1=O)CC(O)CCCCCCCCCC. The zero-order valence-corrected chi connectivity index (χ0v) is 48.1. The van der Waals surface area contributed by atoms with Gasteiger partial charge >= 0.3 is 11.9 Å². The van der Waals surface area contributed by atoms with Gasteiger partial charge in [0, 0.05) is 39.3 Å². The molecule has 1 aliphatic heterocycles. The van der Waals surface area contributed by atoms with Crippen LogP contribution in [-0.4, -0.2) is 143 Å². The van der Waals surface area contributed by atoms with Gasteiger partial charge in [-0.3, -0.25) is 29.0 Å². The molecule has 1 rings (SSSR count). The predicted molar refractivity (Wildman–Crippen MR) is 301 cm³/mol. The summed E-state index contributed by atoms with van der Waals surface area (Å²) in [5, 5.41) is 49.1. The first-order chi connectivity index (χ1) is 35.9. The van der Waals surface area contributed by atoms with Gasteiger partial charge in [0.1, 0.15) is 25.3 Å². The van der Waals surface area contributed by atoms with Crippen LogP contribution in [0.2, 0.25) is 0 Å². The minimum Gasteiger partial charge on any atom is -0.463 e. The van der Waals surface area contributed by atoms with Gasteiger partial charge in [-0.25, -0.2) is 0 Å². The third-order valence-electron chi connectivity index (χ3n) is 14.8. The Bertz CT molecular complexity index is 1190. The van der Waals surface area contributed by atoms with Crippen LogP contribution in [0.4, 0.5) is 0 Å². The second-order valence-corrected chi connectivity index (χ2v) is 22.2. The second kappa shape index (κ2) is 49.0. The van der Waals surface area contributed by atoms with E-state index in [9.17, 15) is 39.6 Å². The second-order valence-electron chi connectivity index (χ2n) is 22.2. The number of hydrogen-bond donors (Lipinski definition) is 6. The third-order valence-corrected chi connectivity index (χ3v) is 14.8. The molecule has 0 aliphatic carbocycles. The molecule has 14 nitrogen and oxygen atoms in total. The smallest absolute Gasteiger partial charge is 0.307 e. The summed E-state index contributed by atoms with van der Waals surface area (Å²) in [7, 11) is 0. The zero-order valence-electron chi connectivity index (χ0n) is 48.1. The minimum atomic E-state index is -1.11. The Morgan fingerprint density at radius 2 is 0.608 bits per heavy atom. The van der Waals surface area contributed by atoms with Crippen molar-refractivity contribution < 1.29 is 49.1 Å². The van der Waals surface area contributed by atoms with Crippen LogP contribution in [0.5, 0.6) is 0 Å². The number of piperazine rings is 1. The van der Waals surface area contributed by atoms with E-state index in [0.717, 1.165) is 77.0 Å². The highest BCUT2D eigenvalue weighted by Crippen LogP contribution is 2.17. The molecule has 436 valence electrons. The van der Waals surface area contributed by atoms with Crippen LogP contribution in [0, 0.1) is 0 Å². The van der Waals surface area contributed by atoms with Crippen molar-refractivity contribution in [2.75, 3.05) is 52.5 Å². The molecule has 0 radical (unpaired) electrons. The fraction of sp³-hybridized carbons (Fsp3) is 0.933. The molecule has 14 heteroatoms. The van der Waals surface area contributed by atoms with E-state index in [1.54, 1.807) is 0 Å². The Balaban J connectivity index is 2.64. The van der Waals surface area contributed by atoms with Crippen LogP contribution in [0.1, 0.15) is 272 Å². The van der Waals surface area contributed by atoms with Crippen molar-refractivity contribution in [3.8, 4) is 0 Å². The average Bonchev–Trinajstić information content (AvgIpc) is 3.37. The molecule has 74 heavy (non-hydrogen) atoms. The first kappa shape index (κ1) is 69.7. The molecular weight excluding hydrogens is 937 g/mol. The molecule has 0 aromatic heterocycles. The fourth-order valence-corrected chi connectivity index (χ4v) is 10.0. The lowest BCUT2D eigenvalue weighted by Crippen LogP contribution is -2.64. The van der Waals surface area contributed by atoms with Crippen molar-refractivity contribution in [2.45, 2.75) is 308 Å². The normalized spacial score (nSPS) is 16.6. The Morgan fingerprint density at radius 3 is 0.838 bits per heavy atom. The van der Waals surface area contributed by atoms with Crippen LogP contribution < -0.4 is 10.6 Å². The van der Waals surface area contributed by atoms with Crippen LogP contribution in [0.15, 0.2) is 0 Å². The van der Waals surface area contributed by atoms with Gasteiger partial charge in [0.2, 0.25) is 11.8 Å². The van der Waals surface area contributed by atoms with Crippen molar-refractivity contribution in [3.63, 3.8) is 0 Å². The minimum absolute atomic E-state index is 0.0102. The van der Waals surface area contributed by atoms with E-state index in [2.05, 4.69) is 38.3 Å². The summed E-state index contributed by atoms with van der Waals surface area (Å²) in [5.41, 5.74) is 0.